The average molecular weight is 620 g/mol. The number of carbonyl (C=O) groups is 2. The number of aromatic nitrogens is 1. The Morgan fingerprint density at radius 3 is 2.05 bits per heavy atom. The Morgan fingerprint density at radius 1 is 0.837 bits per heavy atom. The molecule has 5 rings (SSSR count). The number of amides is 2. The summed E-state index contributed by atoms with van der Waals surface area (Å²) in [5.41, 5.74) is -1.53. The molecule has 0 saturated carbocycles. The van der Waals surface area contributed by atoms with Gasteiger partial charge in [0, 0.05) is 22.8 Å². The van der Waals surface area contributed by atoms with Crippen molar-refractivity contribution >= 4 is 29.1 Å². The number of anilines is 1. The normalized spacial score (nSPS) is 14.8. The van der Waals surface area contributed by atoms with Gasteiger partial charge in [-0.25, -0.2) is 0 Å². The predicted octanol–water partition coefficient (Wildman–Crippen LogP) is 8.16. The molecule has 1 unspecified atom stereocenters. The van der Waals surface area contributed by atoms with E-state index in [4.69, 9.17) is 11.6 Å². The number of para-hydroxylation sites is 2. The van der Waals surface area contributed by atoms with Gasteiger partial charge in [-0.05, 0) is 74.0 Å². The van der Waals surface area contributed by atoms with E-state index in [9.17, 15) is 35.9 Å². The molecule has 0 bridgehead atoms. The second-order valence-electron chi connectivity index (χ2n) is 10.3. The molecule has 5 nitrogen and oxygen atoms in total. The van der Waals surface area contributed by atoms with Crippen molar-refractivity contribution in [2.45, 2.75) is 38.3 Å². The fourth-order valence-corrected chi connectivity index (χ4v) is 5.41. The maximum atomic E-state index is 14.2. The minimum Gasteiger partial charge on any atom is -0.327 e. The van der Waals surface area contributed by atoms with E-state index in [1.54, 1.807) is 48.5 Å². The van der Waals surface area contributed by atoms with Crippen molar-refractivity contribution in [1.82, 2.24) is 9.47 Å². The number of alkyl halides is 6. The topological polar surface area (TPSA) is 45.6 Å². The van der Waals surface area contributed by atoms with Crippen molar-refractivity contribution in [3.05, 3.63) is 118 Å². The summed E-state index contributed by atoms with van der Waals surface area (Å²) in [4.78, 5) is 30.2. The van der Waals surface area contributed by atoms with Crippen LogP contribution in [0.2, 0.25) is 5.02 Å². The zero-order chi connectivity index (χ0) is 31.3. The molecule has 2 amide bonds. The Kier molecular flexibility index (Phi) is 7.81. The first-order valence-corrected chi connectivity index (χ1v) is 13.5. The van der Waals surface area contributed by atoms with Crippen molar-refractivity contribution in [3.63, 3.8) is 0 Å². The standard InChI is InChI=1S/C31H24ClF6N3O2/c1-18(2)40(29(43)20-13-21(30(33,34)35)16-22(14-20)31(36,37)38)17-27(42)41-25-10-4-3-9-24(25)39-12-6-11-26(39)28(41)19-7-5-8-23(32)15-19/h3-16,18,28H,17H2,1-2H3. The molecule has 0 radical (unpaired) electrons. The van der Waals surface area contributed by atoms with Gasteiger partial charge in [0.2, 0.25) is 5.91 Å². The van der Waals surface area contributed by atoms with E-state index in [0.717, 1.165) is 4.90 Å². The zero-order valence-corrected chi connectivity index (χ0v) is 23.5. The van der Waals surface area contributed by atoms with E-state index in [2.05, 4.69) is 0 Å². The van der Waals surface area contributed by atoms with Gasteiger partial charge in [0.25, 0.3) is 5.91 Å². The third-order valence-electron chi connectivity index (χ3n) is 7.18. The van der Waals surface area contributed by atoms with Crippen LogP contribution in [0.5, 0.6) is 0 Å². The van der Waals surface area contributed by atoms with Gasteiger partial charge >= 0.3 is 12.4 Å². The summed E-state index contributed by atoms with van der Waals surface area (Å²) in [6, 6.07) is 16.8. The van der Waals surface area contributed by atoms with Crippen molar-refractivity contribution in [2.75, 3.05) is 11.4 Å². The third kappa shape index (κ3) is 5.86. The first-order chi connectivity index (χ1) is 20.2. The number of carbonyl (C=O) groups excluding carboxylic acids is 2. The third-order valence-corrected chi connectivity index (χ3v) is 7.41. The van der Waals surface area contributed by atoms with Gasteiger partial charge in [0.05, 0.1) is 28.2 Å². The first kappa shape index (κ1) is 30.2. The molecular weight excluding hydrogens is 596 g/mol. The van der Waals surface area contributed by atoms with Crippen LogP contribution in [0, 0.1) is 0 Å². The Balaban J connectivity index is 1.58. The summed E-state index contributed by atoms with van der Waals surface area (Å²) in [6.45, 7) is 2.42. The Morgan fingerprint density at radius 2 is 1.47 bits per heavy atom. The predicted molar refractivity (Wildman–Crippen MR) is 149 cm³/mol. The number of benzene rings is 3. The molecule has 2 heterocycles. The summed E-state index contributed by atoms with van der Waals surface area (Å²) >= 11 is 6.29. The molecule has 3 aromatic carbocycles. The molecular formula is C31H24ClF6N3O2. The molecule has 1 atom stereocenters. The highest BCUT2D eigenvalue weighted by Crippen LogP contribution is 2.43. The van der Waals surface area contributed by atoms with Crippen LogP contribution in [0.1, 0.15) is 52.6 Å². The van der Waals surface area contributed by atoms with Gasteiger partial charge in [-0.1, -0.05) is 35.9 Å². The highest BCUT2D eigenvalue weighted by Gasteiger charge is 2.40. The maximum Gasteiger partial charge on any atom is 0.416 e. The van der Waals surface area contributed by atoms with Crippen LogP contribution in [-0.2, 0) is 17.1 Å². The van der Waals surface area contributed by atoms with Crippen LogP contribution >= 0.6 is 11.6 Å². The van der Waals surface area contributed by atoms with E-state index in [0.29, 0.717) is 39.8 Å². The maximum absolute atomic E-state index is 14.2. The summed E-state index contributed by atoms with van der Waals surface area (Å²) in [6.07, 6.45) is -8.43. The Labute approximate surface area is 247 Å². The first-order valence-electron chi connectivity index (χ1n) is 13.1. The number of hydrogen-bond donors (Lipinski definition) is 0. The minimum atomic E-state index is -5.13. The number of hydrogen-bond acceptors (Lipinski definition) is 2. The summed E-state index contributed by atoms with van der Waals surface area (Å²) < 4.78 is 83.0. The van der Waals surface area contributed by atoms with Gasteiger partial charge in [0.15, 0.2) is 0 Å². The largest absolute Gasteiger partial charge is 0.416 e. The molecule has 0 aliphatic carbocycles. The van der Waals surface area contributed by atoms with Crippen molar-refractivity contribution in [2.24, 2.45) is 0 Å². The molecule has 0 spiro atoms. The molecule has 0 N–H and O–H groups in total. The number of halogens is 7. The summed E-state index contributed by atoms with van der Waals surface area (Å²) in [7, 11) is 0. The number of nitrogens with zero attached hydrogens (tertiary/aromatic N) is 3. The van der Waals surface area contributed by atoms with E-state index in [-0.39, 0.29) is 6.07 Å². The fourth-order valence-electron chi connectivity index (χ4n) is 5.21. The van der Waals surface area contributed by atoms with Crippen LogP contribution in [0.4, 0.5) is 32.0 Å². The molecule has 1 aliphatic heterocycles. The quantitative estimate of drug-likeness (QED) is 0.212. The van der Waals surface area contributed by atoms with E-state index in [1.807, 2.05) is 22.9 Å². The van der Waals surface area contributed by atoms with Crippen molar-refractivity contribution in [1.29, 1.82) is 0 Å². The SMILES string of the molecule is CC(C)N(CC(=O)N1c2ccccc2-n2cccc2C1c1cccc(Cl)c1)C(=O)c1cc(C(F)(F)F)cc(C(F)(F)F)c1. The molecule has 12 heteroatoms. The molecule has 0 fully saturated rings. The van der Waals surface area contributed by atoms with Crippen LogP contribution < -0.4 is 4.90 Å². The summed E-state index contributed by atoms with van der Waals surface area (Å²) in [5, 5.41) is 0.422. The highest BCUT2D eigenvalue weighted by atomic mass is 35.5. The van der Waals surface area contributed by atoms with Crippen LogP contribution in [0.3, 0.4) is 0 Å². The lowest BCUT2D eigenvalue weighted by Crippen LogP contribution is -2.48. The van der Waals surface area contributed by atoms with Gasteiger partial charge in [-0.3, -0.25) is 14.5 Å². The average Bonchev–Trinajstić information content (AvgIpc) is 3.43. The minimum absolute atomic E-state index is 0.0446. The number of fused-ring (bicyclic) bond motifs is 3. The molecule has 1 aliphatic rings. The van der Waals surface area contributed by atoms with Crippen LogP contribution in [-0.4, -0.2) is 33.9 Å². The van der Waals surface area contributed by atoms with E-state index < -0.39 is 59.5 Å². The lowest BCUT2D eigenvalue weighted by Gasteiger charge is -2.40. The Bertz CT molecular complexity index is 1660. The molecule has 1 aromatic heterocycles. The molecule has 224 valence electrons. The molecule has 43 heavy (non-hydrogen) atoms. The van der Waals surface area contributed by atoms with Gasteiger partial charge in [0.1, 0.15) is 12.6 Å². The molecule has 4 aromatic rings. The van der Waals surface area contributed by atoms with Crippen molar-refractivity contribution < 1.29 is 35.9 Å². The van der Waals surface area contributed by atoms with E-state index in [1.165, 1.54) is 18.7 Å². The second kappa shape index (κ2) is 11.1. The van der Waals surface area contributed by atoms with Gasteiger partial charge in [-0.15, -0.1) is 0 Å². The summed E-state index contributed by atoms with van der Waals surface area (Å²) in [5.74, 6) is -1.75. The van der Waals surface area contributed by atoms with E-state index >= 15 is 0 Å². The smallest absolute Gasteiger partial charge is 0.327 e. The van der Waals surface area contributed by atoms with Gasteiger partial charge < -0.3 is 9.47 Å². The second-order valence-corrected chi connectivity index (χ2v) is 10.8. The Hall–Kier alpha value is -4.25. The molecule has 0 saturated heterocycles. The lowest BCUT2D eigenvalue weighted by atomic mass is 9.97. The monoisotopic (exact) mass is 619 g/mol. The van der Waals surface area contributed by atoms with Crippen LogP contribution in [0.25, 0.3) is 5.69 Å². The fraction of sp³-hybridized carbons (Fsp3) is 0.226. The van der Waals surface area contributed by atoms with Crippen molar-refractivity contribution in [3.8, 4) is 5.69 Å². The zero-order valence-electron chi connectivity index (χ0n) is 22.7. The van der Waals surface area contributed by atoms with Gasteiger partial charge in [-0.2, -0.15) is 26.3 Å². The lowest BCUT2D eigenvalue weighted by molar-refractivity contribution is -0.143. The van der Waals surface area contributed by atoms with Crippen LogP contribution in [0.15, 0.2) is 85.1 Å². The number of rotatable bonds is 5. The highest BCUT2D eigenvalue weighted by molar-refractivity contribution is 6.30.